The molecule has 0 aromatic heterocycles. The van der Waals surface area contributed by atoms with Crippen LogP contribution >= 0.6 is 11.6 Å². The molecule has 0 aliphatic rings. The van der Waals surface area contributed by atoms with E-state index in [-0.39, 0.29) is 10.6 Å². The fraction of sp³-hybridized carbons (Fsp3) is 0.333. The van der Waals surface area contributed by atoms with Crippen LogP contribution in [0.4, 0.5) is 13.2 Å². The molecule has 0 aliphatic carbocycles. The average Bonchev–Trinajstić information content (AvgIpc) is 2.02. The highest BCUT2D eigenvalue weighted by molar-refractivity contribution is 6.30. The standard InChI is InChI=1S/C9H9ClF3N/c10-7-3-1-2-6(4-7)8(5-14)9(11,12)13/h1-4,8H,5,14H2/t8-/m1/s1. The van der Waals surface area contributed by atoms with Gasteiger partial charge in [-0.1, -0.05) is 23.7 Å². The Hall–Kier alpha value is -0.740. The number of rotatable bonds is 2. The molecular formula is C9H9ClF3N. The van der Waals surface area contributed by atoms with E-state index in [9.17, 15) is 13.2 Å². The second-order valence-electron chi connectivity index (χ2n) is 2.88. The molecule has 2 N–H and O–H groups in total. The number of alkyl halides is 3. The van der Waals surface area contributed by atoms with Gasteiger partial charge in [0.05, 0.1) is 5.92 Å². The van der Waals surface area contributed by atoms with E-state index >= 15 is 0 Å². The molecule has 0 bridgehead atoms. The fourth-order valence-electron chi connectivity index (χ4n) is 1.18. The first-order valence-electron chi connectivity index (χ1n) is 3.97. The first-order chi connectivity index (χ1) is 6.45. The number of nitrogens with two attached hydrogens (primary N) is 1. The number of halogens is 4. The maximum absolute atomic E-state index is 12.4. The van der Waals surface area contributed by atoms with Crippen LogP contribution in [-0.4, -0.2) is 12.7 Å². The molecule has 0 heterocycles. The van der Waals surface area contributed by atoms with E-state index in [0.29, 0.717) is 0 Å². The van der Waals surface area contributed by atoms with Gasteiger partial charge in [-0.2, -0.15) is 13.2 Å². The van der Waals surface area contributed by atoms with Gasteiger partial charge in [-0.15, -0.1) is 0 Å². The third-order valence-corrected chi connectivity index (χ3v) is 2.12. The van der Waals surface area contributed by atoms with Crippen LogP contribution in [-0.2, 0) is 0 Å². The van der Waals surface area contributed by atoms with E-state index in [1.807, 2.05) is 0 Å². The molecule has 1 aromatic carbocycles. The van der Waals surface area contributed by atoms with Crippen molar-refractivity contribution < 1.29 is 13.2 Å². The van der Waals surface area contributed by atoms with E-state index in [1.165, 1.54) is 24.3 Å². The van der Waals surface area contributed by atoms with Gasteiger partial charge in [-0.05, 0) is 17.7 Å². The molecule has 78 valence electrons. The second-order valence-corrected chi connectivity index (χ2v) is 3.32. The van der Waals surface area contributed by atoms with Gasteiger partial charge in [0.2, 0.25) is 0 Å². The van der Waals surface area contributed by atoms with Gasteiger partial charge in [-0.3, -0.25) is 0 Å². The van der Waals surface area contributed by atoms with Crippen molar-refractivity contribution in [3.8, 4) is 0 Å². The largest absolute Gasteiger partial charge is 0.396 e. The average molecular weight is 224 g/mol. The molecule has 5 heteroatoms. The van der Waals surface area contributed by atoms with Gasteiger partial charge in [0.1, 0.15) is 0 Å². The molecule has 0 fully saturated rings. The van der Waals surface area contributed by atoms with E-state index in [2.05, 4.69) is 0 Å². The Morgan fingerprint density at radius 2 is 2.00 bits per heavy atom. The first kappa shape index (κ1) is 11.3. The molecule has 14 heavy (non-hydrogen) atoms. The predicted molar refractivity (Wildman–Crippen MR) is 49.3 cm³/mol. The highest BCUT2D eigenvalue weighted by Crippen LogP contribution is 2.34. The third kappa shape index (κ3) is 2.62. The fourth-order valence-corrected chi connectivity index (χ4v) is 1.38. The highest BCUT2D eigenvalue weighted by Gasteiger charge is 2.39. The minimum absolute atomic E-state index is 0.104. The summed E-state index contributed by atoms with van der Waals surface area (Å²) in [6.45, 7) is -0.468. The Labute approximate surface area is 84.7 Å². The van der Waals surface area contributed by atoms with Crippen LogP contribution in [0.1, 0.15) is 11.5 Å². The summed E-state index contributed by atoms with van der Waals surface area (Å²) in [6.07, 6.45) is -4.32. The van der Waals surface area contributed by atoms with Crippen molar-refractivity contribution in [3.63, 3.8) is 0 Å². The summed E-state index contributed by atoms with van der Waals surface area (Å²) >= 11 is 5.59. The van der Waals surface area contributed by atoms with Gasteiger partial charge < -0.3 is 5.73 Å². The van der Waals surface area contributed by atoms with Crippen LogP contribution in [0.2, 0.25) is 5.02 Å². The smallest absolute Gasteiger partial charge is 0.330 e. The van der Waals surface area contributed by atoms with Crippen molar-refractivity contribution in [2.75, 3.05) is 6.54 Å². The van der Waals surface area contributed by atoms with Crippen molar-refractivity contribution >= 4 is 11.6 Å². The van der Waals surface area contributed by atoms with E-state index in [4.69, 9.17) is 17.3 Å². The summed E-state index contributed by atoms with van der Waals surface area (Å²) in [5.41, 5.74) is 5.18. The van der Waals surface area contributed by atoms with E-state index in [0.717, 1.165) is 0 Å². The molecule has 1 aromatic rings. The van der Waals surface area contributed by atoms with Gasteiger partial charge >= 0.3 is 6.18 Å². The summed E-state index contributed by atoms with van der Waals surface area (Å²) in [5, 5.41) is 0.283. The molecule has 0 spiro atoms. The number of hydrogen-bond acceptors (Lipinski definition) is 1. The van der Waals surface area contributed by atoms with E-state index < -0.39 is 18.6 Å². The molecule has 0 saturated carbocycles. The summed E-state index contributed by atoms with van der Waals surface area (Å²) in [4.78, 5) is 0. The Kier molecular flexibility index (Phi) is 3.39. The minimum Gasteiger partial charge on any atom is -0.330 e. The van der Waals surface area contributed by atoms with Crippen LogP contribution in [0.15, 0.2) is 24.3 Å². The van der Waals surface area contributed by atoms with E-state index in [1.54, 1.807) is 0 Å². The summed E-state index contributed by atoms with van der Waals surface area (Å²) in [7, 11) is 0. The van der Waals surface area contributed by atoms with Crippen molar-refractivity contribution in [1.82, 2.24) is 0 Å². The quantitative estimate of drug-likeness (QED) is 0.820. The SMILES string of the molecule is NC[C@H](c1cccc(Cl)c1)C(F)(F)F. The molecule has 0 unspecified atom stereocenters. The molecule has 1 atom stereocenters. The normalized spacial score (nSPS) is 14.1. The van der Waals surface area contributed by atoms with Gasteiger partial charge in [0, 0.05) is 11.6 Å². The first-order valence-corrected chi connectivity index (χ1v) is 4.35. The lowest BCUT2D eigenvalue weighted by Gasteiger charge is -2.18. The lowest BCUT2D eigenvalue weighted by atomic mass is 9.99. The highest BCUT2D eigenvalue weighted by atomic mass is 35.5. The zero-order chi connectivity index (χ0) is 10.8. The lowest BCUT2D eigenvalue weighted by molar-refractivity contribution is -0.148. The summed E-state index contributed by atoms with van der Waals surface area (Å²) < 4.78 is 37.2. The maximum Gasteiger partial charge on any atom is 0.396 e. The molecule has 0 saturated heterocycles. The van der Waals surface area contributed by atoms with Crippen molar-refractivity contribution in [2.24, 2.45) is 5.73 Å². The topological polar surface area (TPSA) is 26.0 Å². The van der Waals surface area contributed by atoms with Crippen molar-refractivity contribution in [3.05, 3.63) is 34.9 Å². The molecule has 1 rings (SSSR count). The van der Waals surface area contributed by atoms with Crippen LogP contribution in [0, 0.1) is 0 Å². The Morgan fingerprint density at radius 1 is 1.36 bits per heavy atom. The van der Waals surface area contributed by atoms with Crippen molar-refractivity contribution in [2.45, 2.75) is 12.1 Å². The molecule has 0 amide bonds. The second kappa shape index (κ2) is 4.19. The predicted octanol–water partition coefficient (Wildman–Crippen LogP) is 2.94. The summed E-state index contributed by atoms with van der Waals surface area (Å²) in [6, 6.07) is 5.66. The molecule has 0 aliphatic heterocycles. The Morgan fingerprint density at radius 3 is 2.43 bits per heavy atom. The monoisotopic (exact) mass is 223 g/mol. The Balaban J connectivity index is 3.01. The molecule has 1 nitrogen and oxygen atoms in total. The minimum atomic E-state index is -4.32. The summed E-state index contributed by atoms with van der Waals surface area (Å²) in [5.74, 6) is -1.64. The van der Waals surface area contributed by atoms with Crippen LogP contribution in [0.3, 0.4) is 0 Å². The van der Waals surface area contributed by atoms with Gasteiger partial charge in [0.15, 0.2) is 0 Å². The number of benzene rings is 1. The van der Waals surface area contributed by atoms with Crippen LogP contribution in [0.25, 0.3) is 0 Å². The lowest BCUT2D eigenvalue weighted by Crippen LogP contribution is -2.27. The van der Waals surface area contributed by atoms with Crippen LogP contribution in [0.5, 0.6) is 0 Å². The maximum atomic E-state index is 12.4. The Bertz CT molecular complexity index is 311. The van der Waals surface area contributed by atoms with Gasteiger partial charge in [-0.25, -0.2) is 0 Å². The zero-order valence-electron chi connectivity index (χ0n) is 7.18. The van der Waals surface area contributed by atoms with Crippen LogP contribution < -0.4 is 5.73 Å². The van der Waals surface area contributed by atoms with Gasteiger partial charge in [0.25, 0.3) is 0 Å². The number of hydrogen-bond donors (Lipinski definition) is 1. The molecular weight excluding hydrogens is 215 g/mol. The third-order valence-electron chi connectivity index (χ3n) is 1.88. The van der Waals surface area contributed by atoms with Crippen molar-refractivity contribution in [1.29, 1.82) is 0 Å². The molecule has 0 radical (unpaired) electrons. The zero-order valence-corrected chi connectivity index (χ0v) is 7.94.